The maximum Gasteiger partial charge on any atom is 0.316 e. The van der Waals surface area contributed by atoms with Crippen LogP contribution < -0.4 is 4.74 Å². The van der Waals surface area contributed by atoms with Gasteiger partial charge in [-0.1, -0.05) is 11.6 Å². The van der Waals surface area contributed by atoms with Gasteiger partial charge in [-0.15, -0.1) is 0 Å². The van der Waals surface area contributed by atoms with E-state index in [0.717, 1.165) is 0 Å². The highest BCUT2D eigenvalue weighted by molar-refractivity contribution is 6.33. The first kappa shape index (κ1) is 11.7. The monoisotopic (exact) mass is 274 g/mol. The first-order chi connectivity index (χ1) is 9.28. The summed E-state index contributed by atoms with van der Waals surface area (Å²) < 4.78 is 4.96. The summed E-state index contributed by atoms with van der Waals surface area (Å²) in [6.07, 6.45) is 4.63. The highest BCUT2D eigenvalue weighted by Crippen LogP contribution is 2.21. The molecule has 0 saturated heterocycles. The first-order valence-electron chi connectivity index (χ1n) is 5.29. The Balaban J connectivity index is 2.19. The molecule has 0 unspecified atom stereocenters. The Kier molecular flexibility index (Phi) is 2.88. The van der Waals surface area contributed by atoms with Crippen molar-refractivity contribution >= 4 is 22.8 Å². The van der Waals surface area contributed by atoms with Crippen LogP contribution in [0.1, 0.15) is 0 Å². The topological polar surface area (TPSA) is 86.6 Å². The fourth-order valence-electron chi connectivity index (χ4n) is 1.51. The van der Waals surface area contributed by atoms with E-state index in [9.17, 15) is 0 Å². The number of halogens is 1. The highest BCUT2D eigenvalue weighted by atomic mass is 35.5. The average Bonchev–Trinajstić information content (AvgIpc) is 2.47. The van der Waals surface area contributed by atoms with Crippen molar-refractivity contribution in [2.75, 3.05) is 7.11 Å². The minimum Gasteiger partial charge on any atom is -0.467 e. The van der Waals surface area contributed by atoms with Crippen LogP contribution in [0.25, 0.3) is 22.7 Å². The van der Waals surface area contributed by atoms with E-state index >= 15 is 0 Å². The molecule has 0 atom stereocenters. The van der Waals surface area contributed by atoms with E-state index in [2.05, 4.69) is 29.9 Å². The Labute approximate surface area is 112 Å². The van der Waals surface area contributed by atoms with Crippen LogP contribution >= 0.6 is 11.6 Å². The van der Waals surface area contributed by atoms with Gasteiger partial charge >= 0.3 is 6.01 Å². The third kappa shape index (κ3) is 2.15. The number of methoxy groups -OCH3 is 1. The molecule has 3 rings (SSSR count). The zero-order chi connectivity index (χ0) is 13.2. The Morgan fingerprint density at radius 3 is 2.68 bits per heavy atom. The molecular weight excluding hydrogens is 268 g/mol. The summed E-state index contributed by atoms with van der Waals surface area (Å²) in [6.45, 7) is 0. The molecule has 0 aliphatic heterocycles. The predicted octanol–water partition coefficient (Wildman–Crippen LogP) is 1.54. The van der Waals surface area contributed by atoms with Gasteiger partial charge in [0.15, 0.2) is 16.6 Å². The summed E-state index contributed by atoms with van der Waals surface area (Å²) in [4.78, 5) is 24.7. The van der Waals surface area contributed by atoms with Crippen molar-refractivity contribution in [2.45, 2.75) is 0 Å². The fourth-order valence-corrected chi connectivity index (χ4v) is 1.72. The SMILES string of the molecule is COc1nccc(-c2nc(Cl)c3nccnc3n2)n1. The van der Waals surface area contributed by atoms with E-state index in [-0.39, 0.29) is 11.2 Å². The largest absolute Gasteiger partial charge is 0.467 e. The molecule has 3 aromatic rings. The number of aromatic nitrogens is 6. The second-order valence-electron chi connectivity index (χ2n) is 3.50. The Morgan fingerprint density at radius 1 is 1.00 bits per heavy atom. The van der Waals surface area contributed by atoms with Crippen molar-refractivity contribution in [1.29, 1.82) is 0 Å². The van der Waals surface area contributed by atoms with Crippen LogP contribution in [0.4, 0.5) is 0 Å². The van der Waals surface area contributed by atoms with Crippen molar-refractivity contribution in [3.05, 3.63) is 29.8 Å². The zero-order valence-corrected chi connectivity index (χ0v) is 10.5. The van der Waals surface area contributed by atoms with Crippen molar-refractivity contribution in [3.63, 3.8) is 0 Å². The summed E-state index contributed by atoms with van der Waals surface area (Å²) in [5, 5.41) is 0.227. The molecule has 3 heterocycles. The Morgan fingerprint density at radius 2 is 1.84 bits per heavy atom. The lowest BCUT2D eigenvalue weighted by atomic mass is 10.3. The van der Waals surface area contributed by atoms with Gasteiger partial charge in [-0.3, -0.25) is 0 Å². The van der Waals surface area contributed by atoms with E-state index < -0.39 is 0 Å². The van der Waals surface area contributed by atoms with E-state index in [1.165, 1.54) is 19.5 Å². The number of rotatable bonds is 2. The van der Waals surface area contributed by atoms with Crippen LogP contribution in [-0.4, -0.2) is 37.0 Å². The maximum absolute atomic E-state index is 6.06. The first-order valence-corrected chi connectivity index (χ1v) is 5.67. The van der Waals surface area contributed by atoms with Gasteiger partial charge in [0, 0.05) is 18.6 Å². The minimum absolute atomic E-state index is 0.227. The number of hydrogen-bond acceptors (Lipinski definition) is 7. The van der Waals surface area contributed by atoms with Gasteiger partial charge in [-0.25, -0.2) is 24.9 Å². The third-order valence-electron chi connectivity index (χ3n) is 2.34. The lowest BCUT2D eigenvalue weighted by Gasteiger charge is -2.03. The van der Waals surface area contributed by atoms with Gasteiger partial charge in [0.2, 0.25) is 0 Å². The fraction of sp³-hybridized carbons (Fsp3) is 0.0909. The summed E-state index contributed by atoms with van der Waals surface area (Å²) in [7, 11) is 1.48. The summed E-state index contributed by atoms with van der Waals surface area (Å²) in [5.74, 6) is 0.346. The van der Waals surface area contributed by atoms with E-state index in [1.807, 2.05) is 0 Å². The molecule has 0 bridgehead atoms. The molecular formula is C11H7ClN6O. The van der Waals surface area contributed by atoms with Crippen LogP contribution in [-0.2, 0) is 0 Å². The van der Waals surface area contributed by atoms with Crippen molar-refractivity contribution in [1.82, 2.24) is 29.9 Å². The van der Waals surface area contributed by atoms with Gasteiger partial charge in [0.25, 0.3) is 0 Å². The smallest absolute Gasteiger partial charge is 0.316 e. The van der Waals surface area contributed by atoms with Gasteiger partial charge in [-0.2, -0.15) is 4.98 Å². The molecule has 0 amide bonds. The van der Waals surface area contributed by atoms with Crippen molar-refractivity contribution in [2.24, 2.45) is 0 Å². The standard InChI is InChI=1S/C11H7ClN6O/c1-19-11-15-3-2-6(16-11)9-17-8(12)7-10(18-9)14-5-4-13-7/h2-5H,1H3. The van der Waals surface area contributed by atoms with E-state index in [1.54, 1.807) is 12.3 Å². The van der Waals surface area contributed by atoms with E-state index in [4.69, 9.17) is 16.3 Å². The molecule has 0 aliphatic carbocycles. The summed E-state index contributed by atoms with van der Waals surface area (Å²) in [6, 6.07) is 1.90. The van der Waals surface area contributed by atoms with Crippen LogP contribution in [0.3, 0.4) is 0 Å². The predicted molar refractivity (Wildman–Crippen MR) is 67.7 cm³/mol. The minimum atomic E-state index is 0.227. The second kappa shape index (κ2) is 4.69. The molecule has 7 nitrogen and oxygen atoms in total. The molecule has 0 aliphatic rings. The lowest BCUT2D eigenvalue weighted by Crippen LogP contribution is -1.98. The van der Waals surface area contributed by atoms with E-state index in [0.29, 0.717) is 22.7 Å². The molecule has 94 valence electrons. The number of nitrogens with zero attached hydrogens (tertiary/aromatic N) is 6. The van der Waals surface area contributed by atoms with Crippen molar-refractivity contribution in [3.8, 4) is 17.5 Å². The van der Waals surface area contributed by atoms with Gasteiger partial charge < -0.3 is 4.74 Å². The number of fused-ring (bicyclic) bond motifs is 1. The second-order valence-corrected chi connectivity index (χ2v) is 3.85. The zero-order valence-electron chi connectivity index (χ0n) is 9.78. The van der Waals surface area contributed by atoms with Crippen LogP contribution in [0, 0.1) is 0 Å². The molecule has 0 saturated carbocycles. The van der Waals surface area contributed by atoms with Crippen molar-refractivity contribution < 1.29 is 4.74 Å². The lowest BCUT2D eigenvalue weighted by molar-refractivity contribution is 0.380. The van der Waals surface area contributed by atoms with Crippen LogP contribution in [0.2, 0.25) is 5.15 Å². The van der Waals surface area contributed by atoms with Gasteiger partial charge in [0.05, 0.1) is 7.11 Å². The molecule has 19 heavy (non-hydrogen) atoms. The quantitative estimate of drug-likeness (QED) is 0.655. The molecule has 0 spiro atoms. The Bertz CT molecular complexity index is 750. The molecule has 0 radical (unpaired) electrons. The molecule has 3 aromatic heterocycles. The van der Waals surface area contributed by atoms with Gasteiger partial charge in [0.1, 0.15) is 11.2 Å². The number of hydrogen-bond donors (Lipinski definition) is 0. The van der Waals surface area contributed by atoms with Crippen LogP contribution in [0.5, 0.6) is 6.01 Å². The average molecular weight is 275 g/mol. The summed E-state index contributed by atoms with van der Waals surface area (Å²) >= 11 is 6.06. The molecule has 0 N–H and O–H groups in total. The highest BCUT2D eigenvalue weighted by Gasteiger charge is 2.11. The third-order valence-corrected chi connectivity index (χ3v) is 2.60. The maximum atomic E-state index is 6.06. The van der Waals surface area contributed by atoms with Crippen LogP contribution in [0.15, 0.2) is 24.7 Å². The molecule has 8 heteroatoms. The number of ether oxygens (including phenoxy) is 1. The Hall–Kier alpha value is -2.41. The summed E-state index contributed by atoms with van der Waals surface area (Å²) in [5.41, 5.74) is 1.37. The van der Waals surface area contributed by atoms with Gasteiger partial charge in [-0.05, 0) is 6.07 Å². The normalized spacial score (nSPS) is 10.6. The molecule has 0 fully saturated rings. The molecule has 0 aromatic carbocycles.